The van der Waals surface area contributed by atoms with Gasteiger partial charge in [0.2, 0.25) is 0 Å². The number of aliphatic carboxylic acids is 1. The molecule has 0 aliphatic carbocycles. The molecule has 0 bridgehead atoms. The molecule has 78 valence electrons. The third kappa shape index (κ3) is 1.68. The summed E-state index contributed by atoms with van der Waals surface area (Å²) in [6, 6.07) is 2.82. The first-order valence-electron chi connectivity index (χ1n) is 4.43. The van der Waals surface area contributed by atoms with Gasteiger partial charge in [0.1, 0.15) is 11.5 Å². The SMILES string of the molecule is Cc1nc2ccc(F)cn2c1CC(=O)O. The van der Waals surface area contributed by atoms with Crippen LogP contribution in [0.25, 0.3) is 5.65 Å². The molecule has 0 aliphatic heterocycles. The van der Waals surface area contributed by atoms with E-state index < -0.39 is 11.8 Å². The average molecular weight is 208 g/mol. The second kappa shape index (κ2) is 3.34. The molecule has 15 heavy (non-hydrogen) atoms. The van der Waals surface area contributed by atoms with Crippen LogP contribution in [-0.4, -0.2) is 20.5 Å². The van der Waals surface area contributed by atoms with Crippen LogP contribution in [-0.2, 0) is 11.2 Å². The monoisotopic (exact) mass is 208 g/mol. The lowest BCUT2D eigenvalue weighted by Gasteiger charge is -1.99. The summed E-state index contributed by atoms with van der Waals surface area (Å²) in [7, 11) is 0. The van der Waals surface area contributed by atoms with Crippen molar-refractivity contribution in [2.45, 2.75) is 13.3 Å². The number of aromatic nitrogens is 2. The molecule has 0 unspecified atom stereocenters. The van der Waals surface area contributed by atoms with E-state index in [1.165, 1.54) is 22.7 Å². The first-order chi connectivity index (χ1) is 7.08. The van der Waals surface area contributed by atoms with Crippen LogP contribution in [0.4, 0.5) is 4.39 Å². The Morgan fingerprint density at radius 1 is 1.60 bits per heavy atom. The number of halogens is 1. The molecule has 5 heteroatoms. The fraction of sp³-hybridized carbons (Fsp3) is 0.200. The summed E-state index contributed by atoms with van der Waals surface area (Å²) in [4.78, 5) is 14.8. The molecular formula is C10H9FN2O2. The Morgan fingerprint density at radius 3 is 3.00 bits per heavy atom. The normalized spacial score (nSPS) is 10.8. The quantitative estimate of drug-likeness (QED) is 0.811. The largest absolute Gasteiger partial charge is 0.481 e. The Bertz CT molecular complexity index is 533. The van der Waals surface area contributed by atoms with Crippen LogP contribution in [0.2, 0.25) is 0 Å². The van der Waals surface area contributed by atoms with Gasteiger partial charge >= 0.3 is 5.97 Å². The summed E-state index contributed by atoms with van der Waals surface area (Å²) >= 11 is 0. The lowest BCUT2D eigenvalue weighted by atomic mass is 10.2. The van der Waals surface area contributed by atoms with Crippen molar-refractivity contribution in [1.82, 2.24) is 9.38 Å². The van der Waals surface area contributed by atoms with E-state index in [2.05, 4.69) is 4.98 Å². The van der Waals surface area contributed by atoms with Gasteiger partial charge in [-0.05, 0) is 19.1 Å². The van der Waals surface area contributed by atoms with Gasteiger partial charge in [-0.3, -0.25) is 4.79 Å². The summed E-state index contributed by atoms with van der Waals surface area (Å²) < 4.78 is 14.4. The molecule has 1 N–H and O–H groups in total. The fourth-order valence-electron chi connectivity index (χ4n) is 1.54. The van der Waals surface area contributed by atoms with Gasteiger partial charge in [-0.25, -0.2) is 9.37 Å². The predicted octanol–water partition coefficient (Wildman–Crippen LogP) is 1.41. The van der Waals surface area contributed by atoms with E-state index in [0.717, 1.165) is 0 Å². The second-order valence-electron chi connectivity index (χ2n) is 3.29. The summed E-state index contributed by atoms with van der Waals surface area (Å²) in [5.41, 5.74) is 1.69. The average Bonchev–Trinajstić information content (AvgIpc) is 2.43. The first kappa shape index (κ1) is 9.64. The predicted molar refractivity (Wildman–Crippen MR) is 51.2 cm³/mol. The van der Waals surface area contributed by atoms with Crippen molar-refractivity contribution in [1.29, 1.82) is 0 Å². The molecule has 0 fully saturated rings. The first-order valence-corrected chi connectivity index (χ1v) is 4.43. The van der Waals surface area contributed by atoms with Crippen LogP contribution >= 0.6 is 0 Å². The van der Waals surface area contributed by atoms with E-state index in [-0.39, 0.29) is 6.42 Å². The smallest absolute Gasteiger partial charge is 0.309 e. The third-order valence-electron chi connectivity index (χ3n) is 2.20. The van der Waals surface area contributed by atoms with Gasteiger partial charge in [-0.1, -0.05) is 0 Å². The standard InChI is InChI=1S/C10H9FN2O2/c1-6-8(4-10(14)15)13-5-7(11)2-3-9(13)12-6/h2-3,5H,4H2,1H3,(H,14,15). The Hall–Kier alpha value is -1.91. The maximum atomic E-state index is 13.0. The number of carboxylic acid groups (broad SMARTS) is 1. The van der Waals surface area contributed by atoms with Gasteiger partial charge in [-0.15, -0.1) is 0 Å². The van der Waals surface area contributed by atoms with Gasteiger partial charge in [0.15, 0.2) is 0 Å². The number of hydrogen-bond donors (Lipinski definition) is 1. The Labute approximate surface area is 85.0 Å². The lowest BCUT2D eigenvalue weighted by molar-refractivity contribution is -0.136. The van der Waals surface area contributed by atoms with Crippen molar-refractivity contribution < 1.29 is 14.3 Å². The van der Waals surface area contributed by atoms with E-state index in [9.17, 15) is 9.18 Å². The van der Waals surface area contributed by atoms with Gasteiger partial charge in [-0.2, -0.15) is 0 Å². The second-order valence-corrected chi connectivity index (χ2v) is 3.29. The summed E-state index contributed by atoms with van der Waals surface area (Å²) in [5.74, 6) is -1.37. The molecule has 2 aromatic rings. The molecule has 0 amide bonds. The number of hydrogen-bond acceptors (Lipinski definition) is 2. The zero-order chi connectivity index (χ0) is 11.0. The summed E-state index contributed by atoms with van der Waals surface area (Å²) in [5, 5.41) is 8.70. The molecule has 0 aliphatic rings. The van der Waals surface area contributed by atoms with Crippen molar-refractivity contribution in [3.63, 3.8) is 0 Å². The Balaban J connectivity index is 2.65. The topological polar surface area (TPSA) is 54.6 Å². The number of imidazole rings is 1. The molecule has 2 heterocycles. The molecule has 0 atom stereocenters. The highest BCUT2D eigenvalue weighted by atomic mass is 19.1. The molecule has 4 nitrogen and oxygen atoms in total. The number of pyridine rings is 1. The summed E-state index contributed by atoms with van der Waals surface area (Å²) in [6.07, 6.45) is 1.09. The maximum Gasteiger partial charge on any atom is 0.309 e. The van der Waals surface area contributed by atoms with E-state index in [4.69, 9.17) is 5.11 Å². The highest BCUT2D eigenvalue weighted by Crippen LogP contribution is 2.13. The third-order valence-corrected chi connectivity index (χ3v) is 2.20. The van der Waals surface area contributed by atoms with E-state index in [1.807, 2.05) is 0 Å². The number of rotatable bonds is 2. The van der Waals surface area contributed by atoms with Crippen LogP contribution in [0.3, 0.4) is 0 Å². The molecule has 0 saturated carbocycles. The minimum Gasteiger partial charge on any atom is -0.481 e. The number of aryl methyl sites for hydroxylation is 1. The highest BCUT2D eigenvalue weighted by Gasteiger charge is 2.12. The van der Waals surface area contributed by atoms with Crippen molar-refractivity contribution in [3.8, 4) is 0 Å². The zero-order valence-corrected chi connectivity index (χ0v) is 8.07. The highest BCUT2D eigenvalue weighted by molar-refractivity contribution is 5.70. The minimum absolute atomic E-state index is 0.156. The van der Waals surface area contributed by atoms with Gasteiger partial charge < -0.3 is 9.51 Å². The molecule has 0 radical (unpaired) electrons. The van der Waals surface area contributed by atoms with Crippen LogP contribution in [0.15, 0.2) is 18.3 Å². The molecule has 2 aromatic heterocycles. The van der Waals surface area contributed by atoms with Crippen molar-refractivity contribution in [2.24, 2.45) is 0 Å². The number of carboxylic acids is 1. The number of carbonyl (C=O) groups is 1. The van der Waals surface area contributed by atoms with Crippen LogP contribution in [0.1, 0.15) is 11.4 Å². The van der Waals surface area contributed by atoms with Gasteiger partial charge in [0.25, 0.3) is 0 Å². The van der Waals surface area contributed by atoms with Crippen LogP contribution < -0.4 is 0 Å². The molecule has 0 aromatic carbocycles. The van der Waals surface area contributed by atoms with E-state index in [1.54, 1.807) is 6.92 Å². The minimum atomic E-state index is -0.954. The Morgan fingerprint density at radius 2 is 2.33 bits per heavy atom. The zero-order valence-electron chi connectivity index (χ0n) is 8.07. The molecule has 2 rings (SSSR count). The molecule has 0 spiro atoms. The lowest BCUT2D eigenvalue weighted by Crippen LogP contribution is -2.04. The number of nitrogens with zero attached hydrogens (tertiary/aromatic N) is 2. The Kier molecular flexibility index (Phi) is 2.15. The molecule has 0 saturated heterocycles. The van der Waals surface area contributed by atoms with Gasteiger partial charge in [0, 0.05) is 6.20 Å². The van der Waals surface area contributed by atoms with E-state index in [0.29, 0.717) is 17.0 Å². The van der Waals surface area contributed by atoms with Crippen molar-refractivity contribution in [2.75, 3.05) is 0 Å². The number of fused-ring (bicyclic) bond motifs is 1. The molecular weight excluding hydrogens is 199 g/mol. The van der Waals surface area contributed by atoms with E-state index >= 15 is 0 Å². The van der Waals surface area contributed by atoms with Crippen LogP contribution in [0.5, 0.6) is 0 Å². The maximum absolute atomic E-state index is 13.0. The fourth-order valence-corrected chi connectivity index (χ4v) is 1.54. The van der Waals surface area contributed by atoms with Crippen LogP contribution in [0, 0.1) is 12.7 Å². The summed E-state index contributed by atoms with van der Waals surface area (Å²) in [6.45, 7) is 1.71. The van der Waals surface area contributed by atoms with Crippen molar-refractivity contribution >= 4 is 11.6 Å². The van der Waals surface area contributed by atoms with Gasteiger partial charge in [0.05, 0.1) is 17.8 Å². The van der Waals surface area contributed by atoms with Crippen molar-refractivity contribution in [3.05, 3.63) is 35.5 Å².